The summed E-state index contributed by atoms with van der Waals surface area (Å²) in [5, 5.41) is 18.2. The Kier molecular flexibility index (Phi) is 6.87. The third kappa shape index (κ3) is 5.48. The van der Waals surface area contributed by atoms with Crippen LogP contribution in [0.1, 0.15) is 18.9 Å². The molecule has 156 valence electrons. The van der Waals surface area contributed by atoms with Crippen molar-refractivity contribution in [1.29, 1.82) is 0 Å². The zero-order valence-corrected chi connectivity index (χ0v) is 17.5. The predicted octanol–water partition coefficient (Wildman–Crippen LogP) is 4.49. The quantitative estimate of drug-likeness (QED) is 0.452. The first kappa shape index (κ1) is 21.1. The van der Waals surface area contributed by atoms with Gasteiger partial charge in [-0.05, 0) is 37.6 Å². The molecule has 2 aromatic carbocycles. The van der Waals surface area contributed by atoms with Crippen LogP contribution < -0.4 is 21.1 Å². The van der Waals surface area contributed by atoms with E-state index in [9.17, 15) is 14.7 Å². The monoisotopic (exact) mass is 425 g/mol. The Hall–Kier alpha value is -3.59. The molecule has 4 amide bonds. The highest BCUT2D eigenvalue weighted by Crippen LogP contribution is 2.29. The van der Waals surface area contributed by atoms with Crippen molar-refractivity contribution in [3.05, 3.63) is 59.5 Å². The molecule has 0 aliphatic heterocycles. The smallest absolute Gasteiger partial charge is 0.347 e. The second kappa shape index (κ2) is 9.75. The Balaban J connectivity index is 1.84. The maximum Gasteiger partial charge on any atom is 0.347 e. The highest BCUT2D eigenvalue weighted by atomic mass is 32.1. The second-order valence-electron chi connectivity index (χ2n) is 6.56. The lowest BCUT2D eigenvalue weighted by atomic mass is 10.2. The highest BCUT2D eigenvalue weighted by molar-refractivity contribution is 7.14. The summed E-state index contributed by atoms with van der Waals surface area (Å²) in [6.07, 6.45) is 0.766. The summed E-state index contributed by atoms with van der Waals surface area (Å²) < 4.78 is 0. The number of benzene rings is 2. The number of aryl methyl sites for hydroxylation is 1. The minimum atomic E-state index is -0.553. The molecule has 1 aromatic heterocycles. The van der Waals surface area contributed by atoms with Crippen molar-refractivity contribution >= 4 is 34.2 Å². The summed E-state index contributed by atoms with van der Waals surface area (Å²) in [4.78, 5) is 29.6. The standard InChI is InChI=1S/C21H23N5O3S/c1-3-11-22-19(28)25-26(20(29)23-16-9-7-14(2)8-10-16)21-24-18(13-30-21)15-5-4-6-17(27)12-15/h4-10,12-13,27H,3,11H2,1-2H3,(H,23,29)(H2,22,25,28). The third-order valence-corrected chi connectivity index (χ3v) is 4.91. The van der Waals surface area contributed by atoms with Crippen LogP contribution in [-0.4, -0.2) is 28.7 Å². The van der Waals surface area contributed by atoms with Crippen LogP contribution >= 0.6 is 11.3 Å². The number of aromatic nitrogens is 1. The SMILES string of the molecule is CCCNC(=O)NN(C(=O)Nc1ccc(C)cc1)c1nc(-c2cccc(O)c2)cs1. The molecule has 0 aliphatic rings. The zero-order valence-electron chi connectivity index (χ0n) is 16.7. The molecule has 9 heteroatoms. The minimum Gasteiger partial charge on any atom is -0.508 e. The van der Waals surface area contributed by atoms with Crippen LogP contribution in [0, 0.1) is 6.92 Å². The number of urea groups is 2. The molecule has 0 bridgehead atoms. The topological polar surface area (TPSA) is 107 Å². The predicted molar refractivity (Wildman–Crippen MR) is 119 cm³/mol. The number of rotatable bonds is 5. The number of carbonyl (C=O) groups excluding carboxylic acids is 2. The van der Waals surface area contributed by atoms with Gasteiger partial charge in [-0.1, -0.05) is 36.8 Å². The van der Waals surface area contributed by atoms with Crippen molar-refractivity contribution in [2.75, 3.05) is 16.9 Å². The van der Waals surface area contributed by atoms with Crippen LogP contribution in [0.2, 0.25) is 0 Å². The van der Waals surface area contributed by atoms with Crippen LogP contribution in [0.15, 0.2) is 53.9 Å². The minimum absolute atomic E-state index is 0.119. The van der Waals surface area contributed by atoms with Gasteiger partial charge in [-0.3, -0.25) is 0 Å². The Morgan fingerprint density at radius 3 is 2.63 bits per heavy atom. The maximum absolute atomic E-state index is 12.9. The number of hydrogen-bond acceptors (Lipinski definition) is 5. The van der Waals surface area contributed by atoms with E-state index in [0.717, 1.165) is 17.0 Å². The molecule has 3 rings (SSSR count). The first-order valence-electron chi connectivity index (χ1n) is 9.43. The highest BCUT2D eigenvalue weighted by Gasteiger charge is 2.22. The largest absolute Gasteiger partial charge is 0.508 e. The molecule has 1 heterocycles. The van der Waals surface area contributed by atoms with E-state index in [4.69, 9.17) is 0 Å². The summed E-state index contributed by atoms with van der Waals surface area (Å²) in [5.74, 6) is 0.119. The lowest BCUT2D eigenvalue weighted by Crippen LogP contribution is -2.52. The van der Waals surface area contributed by atoms with E-state index >= 15 is 0 Å². The van der Waals surface area contributed by atoms with E-state index in [1.54, 1.807) is 41.8 Å². The number of nitrogens with zero attached hydrogens (tertiary/aromatic N) is 2. The van der Waals surface area contributed by atoms with Crippen LogP contribution in [0.4, 0.5) is 20.4 Å². The number of nitrogens with one attached hydrogen (secondary N) is 3. The maximum atomic E-state index is 12.9. The van der Waals surface area contributed by atoms with Gasteiger partial charge in [-0.25, -0.2) is 20.0 Å². The van der Waals surface area contributed by atoms with Gasteiger partial charge in [0.25, 0.3) is 0 Å². The average Bonchev–Trinajstić information content (AvgIpc) is 3.22. The number of thiazole rings is 1. The molecule has 0 spiro atoms. The number of hydrazine groups is 1. The summed E-state index contributed by atoms with van der Waals surface area (Å²) >= 11 is 1.20. The Bertz CT molecular complexity index is 1020. The third-order valence-electron chi connectivity index (χ3n) is 4.08. The van der Waals surface area contributed by atoms with Crippen LogP contribution in [0.25, 0.3) is 11.3 Å². The van der Waals surface area contributed by atoms with Crippen LogP contribution in [-0.2, 0) is 0 Å². The fraction of sp³-hybridized carbons (Fsp3) is 0.190. The van der Waals surface area contributed by atoms with E-state index in [1.165, 1.54) is 11.3 Å². The Morgan fingerprint density at radius 2 is 1.93 bits per heavy atom. The molecule has 0 saturated carbocycles. The molecule has 30 heavy (non-hydrogen) atoms. The molecule has 4 N–H and O–H groups in total. The fourth-order valence-corrected chi connectivity index (χ4v) is 3.34. The molecule has 0 radical (unpaired) electrons. The van der Waals surface area contributed by atoms with Crippen molar-refractivity contribution in [1.82, 2.24) is 15.7 Å². The van der Waals surface area contributed by atoms with Crippen molar-refractivity contribution in [2.45, 2.75) is 20.3 Å². The molecule has 8 nitrogen and oxygen atoms in total. The van der Waals surface area contributed by atoms with E-state index in [2.05, 4.69) is 21.0 Å². The zero-order chi connectivity index (χ0) is 21.5. The van der Waals surface area contributed by atoms with Crippen molar-refractivity contribution < 1.29 is 14.7 Å². The lowest BCUT2D eigenvalue weighted by molar-refractivity contribution is 0.235. The van der Waals surface area contributed by atoms with Gasteiger partial charge in [0.15, 0.2) is 0 Å². The summed E-state index contributed by atoms with van der Waals surface area (Å²) in [6.45, 7) is 4.37. The van der Waals surface area contributed by atoms with Gasteiger partial charge in [0.05, 0.1) is 5.69 Å². The molecule has 3 aromatic rings. The fourth-order valence-electron chi connectivity index (χ4n) is 2.55. The van der Waals surface area contributed by atoms with Gasteiger partial charge in [0, 0.05) is 23.2 Å². The van der Waals surface area contributed by atoms with Crippen LogP contribution in [0.5, 0.6) is 5.75 Å². The van der Waals surface area contributed by atoms with E-state index in [-0.39, 0.29) is 10.9 Å². The molecule has 0 unspecified atom stereocenters. The normalized spacial score (nSPS) is 10.3. The van der Waals surface area contributed by atoms with Crippen molar-refractivity contribution in [3.63, 3.8) is 0 Å². The second-order valence-corrected chi connectivity index (χ2v) is 7.40. The Morgan fingerprint density at radius 1 is 1.17 bits per heavy atom. The van der Waals surface area contributed by atoms with E-state index < -0.39 is 12.1 Å². The number of phenols is 1. The number of amides is 4. The Labute approximate surface area is 178 Å². The number of carbonyl (C=O) groups is 2. The lowest BCUT2D eigenvalue weighted by Gasteiger charge is -2.21. The van der Waals surface area contributed by atoms with Gasteiger partial charge in [-0.15, -0.1) is 11.3 Å². The van der Waals surface area contributed by atoms with Gasteiger partial charge < -0.3 is 15.7 Å². The van der Waals surface area contributed by atoms with Gasteiger partial charge in [0.1, 0.15) is 5.75 Å². The number of phenolic OH excluding ortho intramolecular Hbond substituents is 1. The van der Waals surface area contributed by atoms with E-state index in [0.29, 0.717) is 23.5 Å². The molecular weight excluding hydrogens is 402 g/mol. The van der Waals surface area contributed by atoms with Crippen LogP contribution in [0.3, 0.4) is 0 Å². The van der Waals surface area contributed by atoms with Crippen molar-refractivity contribution in [2.24, 2.45) is 0 Å². The van der Waals surface area contributed by atoms with Gasteiger partial charge in [-0.2, -0.15) is 5.01 Å². The number of anilines is 2. The first-order valence-corrected chi connectivity index (χ1v) is 10.3. The average molecular weight is 426 g/mol. The van der Waals surface area contributed by atoms with Gasteiger partial charge in [0.2, 0.25) is 5.13 Å². The molecule has 0 fully saturated rings. The number of hydrogen-bond donors (Lipinski definition) is 4. The molecule has 0 saturated heterocycles. The molecular formula is C21H23N5O3S. The van der Waals surface area contributed by atoms with Crippen molar-refractivity contribution in [3.8, 4) is 17.0 Å². The van der Waals surface area contributed by atoms with E-state index in [1.807, 2.05) is 26.0 Å². The molecule has 0 atom stereocenters. The van der Waals surface area contributed by atoms with Gasteiger partial charge >= 0.3 is 12.1 Å². The number of aromatic hydroxyl groups is 1. The molecule has 0 aliphatic carbocycles. The summed E-state index contributed by atoms with van der Waals surface area (Å²) in [7, 11) is 0. The first-order chi connectivity index (χ1) is 14.5. The summed E-state index contributed by atoms with van der Waals surface area (Å²) in [5.41, 5.74) is 5.49. The summed E-state index contributed by atoms with van der Waals surface area (Å²) in [6, 6.07) is 12.9.